The summed E-state index contributed by atoms with van der Waals surface area (Å²) in [4.78, 5) is 0. The first-order valence-electron chi connectivity index (χ1n) is 10.4. The van der Waals surface area contributed by atoms with Crippen molar-refractivity contribution in [2.45, 2.75) is 91.1 Å². The predicted octanol–water partition coefficient (Wildman–Crippen LogP) is 5.73. The van der Waals surface area contributed by atoms with Gasteiger partial charge in [-0.2, -0.15) is 0 Å². The van der Waals surface area contributed by atoms with Crippen LogP contribution in [0.3, 0.4) is 0 Å². The minimum absolute atomic E-state index is 0.0332. The summed E-state index contributed by atoms with van der Waals surface area (Å²) in [5.74, 6) is 3.40. The van der Waals surface area contributed by atoms with Crippen LogP contribution in [0.5, 0.6) is 0 Å². The fraction of sp³-hybridized carbons (Fsp3) is 0.909. The van der Waals surface area contributed by atoms with E-state index in [0.29, 0.717) is 5.41 Å². The molecule has 0 aromatic heterocycles. The molecule has 0 spiro atoms. The van der Waals surface area contributed by atoms with Crippen LogP contribution in [-0.2, 0) is 0 Å². The van der Waals surface area contributed by atoms with Crippen molar-refractivity contribution in [3.05, 3.63) is 11.6 Å². The zero-order valence-electron chi connectivity index (χ0n) is 15.5. The molecule has 3 fully saturated rings. The molecule has 1 unspecified atom stereocenters. The van der Waals surface area contributed by atoms with Crippen molar-refractivity contribution in [2.75, 3.05) is 0 Å². The van der Waals surface area contributed by atoms with E-state index in [4.69, 9.17) is 0 Å². The second-order valence-corrected chi connectivity index (χ2v) is 9.70. The van der Waals surface area contributed by atoms with E-state index < -0.39 is 0 Å². The van der Waals surface area contributed by atoms with Gasteiger partial charge in [-0.05, 0) is 92.3 Å². The number of fused-ring (bicyclic) bond motifs is 5. The van der Waals surface area contributed by atoms with Gasteiger partial charge in [0.1, 0.15) is 0 Å². The van der Waals surface area contributed by atoms with Gasteiger partial charge in [0.15, 0.2) is 0 Å². The summed E-state index contributed by atoms with van der Waals surface area (Å²) in [6.45, 7) is 7.39. The average Bonchev–Trinajstić information content (AvgIpc) is 2.83. The Morgan fingerprint density at radius 3 is 2.74 bits per heavy atom. The number of rotatable bonds is 2. The molecule has 23 heavy (non-hydrogen) atoms. The first-order chi connectivity index (χ1) is 11.0. The molecule has 0 amide bonds. The van der Waals surface area contributed by atoms with Gasteiger partial charge >= 0.3 is 0 Å². The normalized spacial score (nSPS) is 52.3. The van der Waals surface area contributed by atoms with E-state index in [0.717, 1.165) is 30.1 Å². The van der Waals surface area contributed by atoms with Crippen LogP contribution in [0.15, 0.2) is 11.6 Å². The largest absolute Gasteiger partial charge is 0.393 e. The van der Waals surface area contributed by atoms with Crippen LogP contribution >= 0.6 is 0 Å². The second-order valence-electron chi connectivity index (χ2n) is 9.70. The lowest BCUT2D eigenvalue weighted by Crippen LogP contribution is -2.52. The maximum atomic E-state index is 10.6. The van der Waals surface area contributed by atoms with Gasteiger partial charge in [0, 0.05) is 0 Å². The van der Waals surface area contributed by atoms with Crippen LogP contribution in [0.1, 0.15) is 85.0 Å². The van der Waals surface area contributed by atoms with Gasteiger partial charge in [-0.15, -0.1) is 0 Å². The lowest BCUT2D eigenvalue weighted by atomic mass is 9.45. The Kier molecular flexibility index (Phi) is 3.95. The van der Waals surface area contributed by atoms with E-state index >= 15 is 0 Å². The van der Waals surface area contributed by atoms with Crippen LogP contribution in [0.25, 0.3) is 0 Å². The zero-order chi connectivity index (χ0) is 16.2. The number of aliphatic hydroxyl groups is 1. The van der Waals surface area contributed by atoms with Gasteiger partial charge in [0.2, 0.25) is 0 Å². The van der Waals surface area contributed by atoms with Crippen LogP contribution < -0.4 is 0 Å². The molecule has 1 heteroatoms. The number of allylic oxidation sites excluding steroid dienone is 2. The Hall–Kier alpha value is -0.300. The Bertz CT molecular complexity index is 494. The first kappa shape index (κ1) is 16.2. The Morgan fingerprint density at radius 2 is 1.96 bits per heavy atom. The molecule has 3 saturated carbocycles. The summed E-state index contributed by atoms with van der Waals surface area (Å²) in [7, 11) is 0. The van der Waals surface area contributed by atoms with Gasteiger partial charge in [0.05, 0.1) is 6.10 Å². The van der Waals surface area contributed by atoms with Crippen molar-refractivity contribution in [1.29, 1.82) is 0 Å². The molecule has 0 saturated heterocycles. The molecule has 130 valence electrons. The van der Waals surface area contributed by atoms with Crippen LogP contribution in [0.4, 0.5) is 0 Å². The molecule has 0 bridgehead atoms. The predicted molar refractivity (Wildman–Crippen MR) is 96.1 cm³/mol. The minimum Gasteiger partial charge on any atom is -0.393 e. The van der Waals surface area contributed by atoms with Crippen molar-refractivity contribution >= 4 is 0 Å². The Labute approximate surface area is 142 Å². The second kappa shape index (κ2) is 5.61. The quantitative estimate of drug-likeness (QED) is 0.645. The summed E-state index contributed by atoms with van der Waals surface area (Å²) < 4.78 is 0. The third-order valence-electron chi connectivity index (χ3n) is 8.76. The Balaban J connectivity index is 1.71. The van der Waals surface area contributed by atoms with Gasteiger partial charge in [0.25, 0.3) is 0 Å². The molecule has 0 aromatic rings. The molecule has 4 aliphatic rings. The molecule has 7 atom stereocenters. The van der Waals surface area contributed by atoms with E-state index in [1.807, 2.05) is 5.57 Å². The summed E-state index contributed by atoms with van der Waals surface area (Å²) in [6.07, 6.45) is 15.9. The van der Waals surface area contributed by atoms with Crippen molar-refractivity contribution in [3.8, 4) is 0 Å². The summed E-state index contributed by atoms with van der Waals surface area (Å²) in [5.41, 5.74) is 2.56. The lowest BCUT2D eigenvalue weighted by molar-refractivity contribution is -0.0831. The van der Waals surface area contributed by atoms with E-state index in [2.05, 4.69) is 26.8 Å². The summed E-state index contributed by atoms with van der Waals surface area (Å²) in [5, 5.41) is 10.6. The SMILES string of the molecule is CCC[C@H]1C[C@@H]2[C@H](CC[C@]3(C)C(O)CC[C@@H]23)[C@@]2(C)CCCC=C12. The van der Waals surface area contributed by atoms with E-state index in [9.17, 15) is 5.11 Å². The average molecular weight is 317 g/mol. The zero-order valence-corrected chi connectivity index (χ0v) is 15.5. The van der Waals surface area contributed by atoms with E-state index in [1.54, 1.807) is 0 Å². The molecular weight excluding hydrogens is 280 g/mol. The van der Waals surface area contributed by atoms with Gasteiger partial charge in [-0.1, -0.05) is 38.8 Å². The molecule has 1 N–H and O–H groups in total. The highest BCUT2D eigenvalue weighted by atomic mass is 16.3. The number of aliphatic hydroxyl groups excluding tert-OH is 1. The molecule has 0 aromatic carbocycles. The molecule has 4 rings (SSSR count). The smallest absolute Gasteiger partial charge is 0.0596 e. The van der Waals surface area contributed by atoms with Crippen LogP contribution in [0, 0.1) is 34.5 Å². The third-order valence-corrected chi connectivity index (χ3v) is 8.76. The van der Waals surface area contributed by atoms with Gasteiger partial charge in [-0.25, -0.2) is 0 Å². The summed E-state index contributed by atoms with van der Waals surface area (Å²) in [6, 6.07) is 0. The maximum absolute atomic E-state index is 10.6. The molecule has 4 aliphatic carbocycles. The first-order valence-corrected chi connectivity index (χ1v) is 10.4. The lowest BCUT2D eigenvalue weighted by Gasteiger charge is -2.60. The maximum Gasteiger partial charge on any atom is 0.0596 e. The van der Waals surface area contributed by atoms with Crippen molar-refractivity contribution in [3.63, 3.8) is 0 Å². The highest BCUT2D eigenvalue weighted by molar-refractivity contribution is 5.26. The molecular formula is C22H36O. The van der Waals surface area contributed by atoms with Crippen LogP contribution in [-0.4, -0.2) is 11.2 Å². The van der Waals surface area contributed by atoms with Crippen molar-refractivity contribution in [2.24, 2.45) is 34.5 Å². The van der Waals surface area contributed by atoms with Crippen molar-refractivity contribution in [1.82, 2.24) is 0 Å². The number of hydrogen-bond donors (Lipinski definition) is 1. The van der Waals surface area contributed by atoms with E-state index in [1.165, 1.54) is 57.8 Å². The van der Waals surface area contributed by atoms with Crippen molar-refractivity contribution < 1.29 is 5.11 Å². The minimum atomic E-state index is -0.0332. The van der Waals surface area contributed by atoms with E-state index in [-0.39, 0.29) is 11.5 Å². The summed E-state index contributed by atoms with van der Waals surface area (Å²) >= 11 is 0. The van der Waals surface area contributed by atoms with Crippen LogP contribution in [0.2, 0.25) is 0 Å². The molecule has 0 heterocycles. The fourth-order valence-electron chi connectivity index (χ4n) is 7.59. The molecule has 0 radical (unpaired) electrons. The van der Waals surface area contributed by atoms with Gasteiger partial charge < -0.3 is 5.11 Å². The Morgan fingerprint density at radius 1 is 1.13 bits per heavy atom. The van der Waals surface area contributed by atoms with Gasteiger partial charge in [-0.3, -0.25) is 0 Å². The third kappa shape index (κ3) is 2.21. The standard InChI is InChI=1S/C22H36O/c1-4-7-15-14-16-18-9-10-20(23)22(18,3)13-11-19(16)21(2)12-6-5-8-17(15)21/h8,15-16,18-20,23H,4-7,9-14H2,1-3H3/t15-,16-,18-,19-,20?,21-,22-/m0/s1. The molecule has 1 nitrogen and oxygen atoms in total. The topological polar surface area (TPSA) is 20.2 Å². The fourth-order valence-corrected chi connectivity index (χ4v) is 7.59. The highest BCUT2D eigenvalue weighted by Crippen LogP contribution is 2.66. The highest BCUT2D eigenvalue weighted by Gasteiger charge is 2.59. The monoisotopic (exact) mass is 316 g/mol. The molecule has 0 aliphatic heterocycles. The number of hydrogen-bond acceptors (Lipinski definition) is 1.